The second-order valence-electron chi connectivity index (χ2n) is 7.19. The molecule has 0 radical (unpaired) electrons. The van der Waals surface area contributed by atoms with Crippen molar-refractivity contribution < 1.29 is 27.1 Å². The average Bonchev–Trinajstić information content (AvgIpc) is 3.30. The first-order valence-corrected chi connectivity index (χ1v) is 11.8. The normalized spacial score (nSPS) is 13.1. The van der Waals surface area contributed by atoms with E-state index in [9.17, 15) is 13.2 Å². The zero-order valence-electron chi connectivity index (χ0n) is 17.3. The minimum atomic E-state index is -4.03. The number of nitrogens with zero attached hydrogens (tertiary/aromatic N) is 1. The number of carbonyl (C=O) groups excluding carboxylic acids is 1. The molecule has 0 fully saturated rings. The number of fused-ring (bicyclic) bond motifs is 2. The van der Waals surface area contributed by atoms with Crippen molar-refractivity contribution in [1.82, 2.24) is 4.83 Å². The van der Waals surface area contributed by atoms with Gasteiger partial charge in [-0.3, -0.25) is 4.79 Å². The Balaban J connectivity index is 1.52. The summed E-state index contributed by atoms with van der Waals surface area (Å²) in [5.74, 6) is 0.519. The highest BCUT2D eigenvalue weighted by Crippen LogP contribution is 2.34. The van der Waals surface area contributed by atoms with E-state index < -0.39 is 15.9 Å². The number of para-hydroxylation sites is 1. The molecule has 0 spiro atoms. The Kier molecular flexibility index (Phi) is 5.60. The van der Waals surface area contributed by atoms with Gasteiger partial charge in [0, 0.05) is 22.2 Å². The molecule has 1 amide bonds. The maximum Gasteiger partial charge on any atom is 0.276 e. The van der Waals surface area contributed by atoms with Gasteiger partial charge >= 0.3 is 0 Å². The van der Waals surface area contributed by atoms with E-state index in [1.807, 2.05) is 0 Å². The van der Waals surface area contributed by atoms with E-state index in [-0.39, 0.29) is 22.8 Å². The molecule has 0 saturated carbocycles. The molecule has 5 rings (SSSR count). The van der Waals surface area contributed by atoms with Gasteiger partial charge in [0.25, 0.3) is 15.9 Å². The first-order chi connectivity index (χ1) is 16.4. The summed E-state index contributed by atoms with van der Waals surface area (Å²) in [6.45, 7) is 0.104. The van der Waals surface area contributed by atoms with Gasteiger partial charge in [0.15, 0.2) is 11.5 Å². The average molecular weight is 498 g/mol. The number of sulfonamides is 1. The molecule has 172 valence electrons. The van der Waals surface area contributed by atoms with Crippen LogP contribution in [0.15, 0.2) is 87.2 Å². The van der Waals surface area contributed by atoms with Crippen molar-refractivity contribution in [1.29, 1.82) is 0 Å². The van der Waals surface area contributed by atoms with Crippen LogP contribution in [0.4, 0.5) is 5.69 Å². The van der Waals surface area contributed by atoms with Crippen LogP contribution in [0.2, 0.25) is 5.02 Å². The summed E-state index contributed by atoms with van der Waals surface area (Å²) >= 11 is 5.83. The number of halogens is 1. The Morgan fingerprint density at radius 3 is 2.53 bits per heavy atom. The summed E-state index contributed by atoms with van der Waals surface area (Å²) < 4.78 is 41.7. The van der Waals surface area contributed by atoms with Gasteiger partial charge in [-0.15, -0.1) is 5.10 Å². The van der Waals surface area contributed by atoms with Crippen molar-refractivity contribution in [2.45, 2.75) is 4.90 Å². The highest BCUT2D eigenvalue weighted by Gasteiger charge is 2.18. The van der Waals surface area contributed by atoms with Gasteiger partial charge in [-0.1, -0.05) is 29.8 Å². The highest BCUT2D eigenvalue weighted by atomic mass is 35.5. The topological polar surface area (TPSA) is 119 Å². The SMILES string of the molecule is O=C(Nc1ccc2c(c1)OCO2)c1cc2ccccc2oc1=NNS(=O)(=O)c1ccc(Cl)cc1. The highest BCUT2D eigenvalue weighted by molar-refractivity contribution is 7.89. The van der Waals surface area contributed by atoms with E-state index in [1.54, 1.807) is 48.5 Å². The fraction of sp³-hybridized carbons (Fsp3) is 0.0435. The molecule has 3 aromatic carbocycles. The summed E-state index contributed by atoms with van der Waals surface area (Å²) in [6, 6.07) is 19.1. The zero-order valence-corrected chi connectivity index (χ0v) is 18.9. The molecule has 0 atom stereocenters. The van der Waals surface area contributed by atoms with Crippen molar-refractivity contribution in [3.63, 3.8) is 0 Å². The largest absolute Gasteiger partial charge is 0.454 e. The van der Waals surface area contributed by atoms with Gasteiger partial charge in [0.1, 0.15) is 11.1 Å². The van der Waals surface area contributed by atoms with Crippen LogP contribution in [0.1, 0.15) is 10.4 Å². The number of rotatable bonds is 5. The van der Waals surface area contributed by atoms with Gasteiger partial charge in [-0.2, -0.15) is 13.2 Å². The van der Waals surface area contributed by atoms with Crippen LogP contribution in [0.3, 0.4) is 0 Å². The number of amides is 1. The Labute approximate surface area is 198 Å². The van der Waals surface area contributed by atoms with Crippen molar-refractivity contribution in [3.05, 3.63) is 88.9 Å². The van der Waals surface area contributed by atoms with Crippen LogP contribution in [-0.2, 0) is 10.0 Å². The smallest absolute Gasteiger partial charge is 0.276 e. The van der Waals surface area contributed by atoms with E-state index in [0.29, 0.717) is 33.2 Å². The van der Waals surface area contributed by atoms with Crippen LogP contribution in [0, 0.1) is 0 Å². The van der Waals surface area contributed by atoms with Crippen LogP contribution < -0.4 is 25.2 Å². The quantitative estimate of drug-likeness (QED) is 0.404. The van der Waals surface area contributed by atoms with Gasteiger partial charge in [0.2, 0.25) is 12.3 Å². The van der Waals surface area contributed by atoms with E-state index in [4.69, 9.17) is 25.5 Å². The summed E-state index contributed by atoms with van der Waals surface area (Å²) in [4.78, 5) is 15.2. The number of hydrogen-bond acceptors (Lipinski definition) is 7. The number of ether oxygens (including phenoxy) is 2. The molecule has 9 nitrogen and oxygen atoms in total. The second kappa shape index (κ2) is 8.73. The van der Waals surface area contributed by atoms with Crippen molar-refractivity contribution >= 4 is 44.2 Å². The Bertz CT molecular complexity index is 1580. The molecule has 1 aromatic heterocycles. The molecule has 0 bridgehead atoms. The number of anilines is 1. The molecule has 1 aliphatic heterocycles. The van der Waals surface area contributed by atoms with E-state index in [2.05, 4.69) is 15.2 Å². The zero-order chi connectivity index (χ0) is 23.7. The number of benzene rings is 3. The monoisotopic (exact) mass is 497 g/mol. The second-order valence-corrected chi connectivity index (χ2v) is 9.28. The van der Waals surface area contributed by atoms with Gasteiger partial charge < -0.3 is 19.2 Å². The number of hydrogen-bond donors (Lipinski definition) is 2. The van der Waals surface area contributed by atoms with Gasteiger partial charge in [0.05, 0.1) is 4.90 Å². The molecule has 2 heterocycles. The lowest BCUT2D eigenvalue weighted by atomic mass is 10.1. The van der Waals surface area contributed by atoms with E-state index >= 15 is 0 Å². The molecule has 2 N–H and O–H groups in total. The number of carbonyl (C=O) groups is 1. The lowest BCUT2D eigenvalue weighted by Crippen LogP contribution is -2.27. The summed E-state index contributed by atoms with van der Waals surface area (Å²) in [7, 11) is -4.03. The molecular formula is C23H16ClN3O6S. The third kappa shape index (κ3) is 4.41. The van der Waals surface area contributed by atoms with Crippen molar-refractivity contribution in [3.8, 4) is 11.5 Å². The third-order valence-electron chi connectivity index (χ3n) is 4.92. The molecule has 0 aliphatic carbocycles. The maximum atomic E-state index is 13.1. The molecular weight excluding hydrogens is 482 g/mol. The summed E-state index contributed by atoms with van der Waals surface area (Å²) in [5.41, 5.74) is 0.686. The molecule has 34 heavy (non-hydrogen) atoms. The molecule has 11 heteroatoms. The van der Waals surface area contributed by atoms with E-state index in [0.717, 1.165) is 0 Å². The minimum Gasteiger partial charge on any atom is -0.454 e. The minimum absolute atomic E-state index is 0.0233. The molecule has 0 unspecified atom stereocenters. The Morgan fingerprint density at radius 1 is 0.941 bits per heavy atom. The van der Waals surface area contributed by atoms with Crippen molar-refractivity contribution in [2.75, 3.05) is 12.1 Å². The number of nitrogens with one attached hydrogen (secondary N) is 2. The molecule has 4 aromatic rings. The van der Waals surface area contributed by atoms with Crippen LogP contribution in [0.5, 0.6) is 11.5 Å². The van der Waals surface area contributed by atoms with Crippen LogP contribution in [-0.4, -0.2) is 21.1 Å². The predicted octanol–water partition coefficient (Wildman–Crippen LogP) is 3.86. The van der Waals surface area contributed by atoms with Gasteiger partial charge in [-0.05, 0) is 48.5 Å². The fourth-order valence-electron chi connectivity index (χ4n) is 3.26. The lowest BCUT2D eigenvalue weighted by molar-refractivity contribution is 0.102. The standard InChI is InChI=1S/C23H16ClN3O6S/c24-15-5-8-17(9-6-15)34(29,30)27-26-23-18(11-14-3-1-2-4-19(14)33-23)22(28)25-16-7-10-20-21(12-16)32-13-31-20/h1-12,27H,13H2,(H,25,28). The van der Waals surface area contributed by atoms with Gasteiger partial charge in [-0.25, -0.2) is 0 Å². The summed E-state index contributed by atoms with van der Waals surface area (Å²) in [6.07, 6.45) is 0. The van der Waals surface area contributed by atoms with Crippen molar-refractivity contribution in [2.24, 2.45) is 5.10 Å². The Morgan fingerprint density at radius 2 is 1.71 bits per heavy atom. The lowest BCUT2D eigenvalue weighted by Gasteiger charge is -2.08. The third-order valence-corrected chi connectivity index (χ3v) is 6.40. The van der Waals surface area contributed by atoms with Crippen LogP contribution in [0.25, 0.3) is 11.0 Å². The first-order valence-electron chi connectivity index (χ1n) is 9.94. The van der Waals surface area contributed by atoms with Crippen LogP contribution >= 0.6 is 11.6 Å². The fourth-order valence-corrected chi connectivity index (χ4v) is 4.18. The maximum absolute atomic E-state index is 13.1. The first kappa shape index (κ1) is 21.8. The van der Waals surface area contributed by atoms with E-state index in [1.165, 1.54) is 24.3 Å². The predicted molar refractivity (Wildman–Crippen MR) is 124 cm³/mol. The molecule has 1 aliphatic rings. The molecule has 0 saturated heterocycles. The summed E-state index contributed by atoms with van der Waals surface area (Å²) in [5, 5.41) is 7.67. The Hall–Kier alpha value is -4.02.